The molecule has 0 saturated heterocycles. The summed E-state index contributed by atoms with van der Waals surface area (Å²) in [6.07, 6.45) is 1.78. The van der Waals surface area contributed by atoms with E-state index in [0.717, 1.165) is 16.5 Å². The SMILES string of the molecule is CC(N)C#Cc1cccc2ncccc12. The van der Waals surface area contributed by atoms with Crippen LogP contribution in [0, 0.1) is 11.8 Å². The molecule has 0 aliphatic heterocycles. The van der Waals surface area contributed by atoms with Gasteiger partial charge in [0, 0.05) is 17.1 Å². The first-order valence-corrected chi connectivity index (χ1v) is 4.88. The highest BCUT2D eigenvalue weighted by Crippen LogP contribution is 2.14. The third kappa shape index (κ3) is 2.15. The first kappa shape index (κ1) is 9.70. The van der Waals surface area contributed by atoms with Crippen LogP contribution in [0.1, 0.15) is 12.5 Å². The van der Waals surface area contributed by atoms with Crippen LogP contribution in [0.25, 0.3) is 10.9 Å². The summed E-state index contributed by atoms with van der Waals surface area (Å²) >= 11 is 0. The van der Waals surface area contributed by atoms with E-state index in [2.05, 4.69) is 16.8 Å². The second kappa shape index (κ2) is 4.12. The Bertz CT molecular complexity index is 527. The van der Waals surface area contributed by atoms with Crippen molar-refractivity contribution in [3.63, 3.8) is 0 Å². The molecule has 1 atom stereocenters. The van der Waals surface area contributed by atoms with E-state index in [1.54, 1.807) is 6.20 Å². The van der Waals surface area contributed by atoms with Gasteiger partial charge >= 0.3 is 0 Å². The zero-order valence-corrected chi connectivity index (χ0v) is 8.57. The van der Waals surface area contributed by atoms with Crippen LogP contribution in [-0.4, -0.2) is 11.0 Å². The largest absolute Gasteiger partial charge is 0.318 e. The average molecular weight is 196 g/mol. The van der Waals surface area contributed by atoms with E-state index in [0.29, 0.717) is 0 Å². The number of nitrogens with zero attached hydrogens (tertiary/aromatic N) is 1. The van der Waals surface area contributed by atoms with Crippen molar-refractivity contribution >= 4 is 10.9 Å². The normalized spacial score (nSPS) is 11.9. The molecule has 15 heavy (non-hydrogen) atoms. The van der Waals surface area contributed by atoms with Crippen LogP contribution < -0.4 is 5.73 Å². The van der Waals surface area contributed by atoms with Crippen molar-refractivity contribution in [2.45, 2.75) is 13.0 Å². The fourth-order valence-electron chi connectivity index (χ4n) is 1.40. The lowest BCUT2D eigenvalue weighted by Gasteiger charge is -1.98. The van der Waals surface area contributed by atoms with Crippen molar-refractivity contribution in [3.8, 4) is 11.8 Å². The lowest BCUT2D eigenvalue weighted by atomic mass is 10.1. The predicted octanol–water partition coefficient (Wildman–Crippen LogP) is 1.93. The minimum Gasteiger partial charge on any atom is -0.318 e. The lowest BCUT2D eigenvalue weighted by molar-refractivity contribution is 0.959. The molecule has 1 aromatic carbocycles. The van der Waals surface area contributed by atoms with Gasteiger partial charge in [-0.1, -0.05) is 24.0 Å². The maximum atomic E-state index is 5.60. The summed E-state index contributed by atoms with van der Waals surface area (Å²) in [5.74, 6) is 6.03. The summed E-state index contributed by atoms with van der Waals surface area (Å²) in [6.45, 7) is 1.87. The summed E-state index contributed by atoms with van der Waals surface area (Å²) in [5.41, 5.74) is 7.55. The van der Waals surface area contributed by atoms with Gasteiger partial charge in [0.05, 0.1) is 11.6 Å². The number of fused-ring (bicyclic) bond motifs is 1. The molecule has 1 heterocycles. The highest BCUT2D eigenvalue weighted by molar-refractivity contribution is 5.84. The zero-order chi connectivity index (χ0) is 10.7. The molecule has 0 bridgehead atoms. The molecule has 2 nitrogen and oxygen atoms in total. The highest BCUT2D eigenvalue weighted by Gasteiger charge is 1.97. The monoisotopic (exact) mass is 196 g/mol. The predicted molar refractivity (Wildman–Crippen MR) is 62.3 cm³/mol. The molecule has 1 unspecified atom stereocenters. The van der Waals surface area contributed by atoms with Gasteiger partial charge in [0.2, 0.25) is 0 Å². The third-order valence-electron chi connectivity index (χ3n) is 2.08. The Morgan fingerprint density at radius 2 is 2.13 bits per heavy atom. The lowest BCUT2D eigenvalue weighted by Crippen LogP contribution is -2.10. The van der Waals surface area contributed by atoms with Gasteiger partial charge in [-0.3, -0.25) is 4.98 Å². The van der Waals surface area contributed by atoms with Gasteiger partial charge in [-0.25, -0.2) is 0 Å². The van der Waals surface area contributed by atoms with Crippen molar-refractivity contribution in [1.82, 2.24) is 4.98 Å². The maximum absolute atomic E-state index is 5.60. The van der Waals surface area contributed by atoms with Gasteiger partial charge in [0.15, 0.2) is 0 Å². The molecule has 0 radical (unpaired) electrons. The molecule has 0 aliphatic rings. The van der Waals surface area contributed by atoms with E-state index < -0.39 is 0 Å². The van der Waals surface area contributed by atoms with Crippen LogP contribution in [0.15, 0.2) is 36.5 Å². The Hall–Kier alpha value is -1.85. The van der Waals surface area contributed by atoms with Gasteiger partial charge in [-0.2, -0.15) is 0 Å². The number of hydrogen-bond donors (Lipinski definition) is 1. The molecule has 0 fully saturated rings. The Morgan fingerprint density at radius 1 is 1.27 bits per heavy atom. The van der Waals surface area contributed by atoms with Crippen molar-refractivity contribution in [2.75, 3.05) is 0 Å². The molecule has 0 saturated carbocycles. The van der Waals surface area contributed by atoms with E-state index in [4.69, 9.17) is 5.73 Å². The van der Waals surface area contributed by atoms with Crippen LogP contribution >= 0.6 is 0 Å². The average Bonchev–Trinajstić information content (AvgIpc) is 2.26. The van der Waals surface area contributed by atoms with E-state index in [9.17, 15) is 0 Å². The molecule has 74 valence electrons. The van der Waals surface area contributed by atoms with Crippen molar-refractivity contribution in [2.24, 2.45) is 5.73 Å². The second-order valence-electron chi connectivity index (χ2n) is 3.43. The van der Waals surface area contributed by atoms with Crippen molar-refractivity contribution < 1.29 is 0 Å². The molecule has 0 amide bonds. The first-order chi connectivity index (χ1) is 7.27. The molecule has 0 aliphatic carbocycles. The third-order valence-corrected chi connectivity index (χ3v) is 2.08. The number of nitrogens with two attached hydrogens (primary N) is 1. The topological polar surface area (TPSA) is 38.9 Å². The number of benzene rings is 1. The summed E-state index contributed by atoms with van der Waals surface area (Å²) < 4.78 is 0. The standard InChI is InChI=1S/C13H12N2/c1-10(14)7-8-11-4-2-6-13-12(11)5-3-9-15-13/h2-6,9-10H,14H2,1H3. The molecular formula is C13H12N2. The van der Waals surface area contributed by atoms with E-state index in [1.807, 2.05) is 37.3 Å². The van der Waals surface area contributed by atoms with Gasteiger partial charge < -0.3 is 5.73 Å². The van der Waals surface area contributed by atoms with Crippen LogP contribution in [0.4, 0.5) is 0 Å². The highest BCUT2D eigenvalue weighted by atomic mass is 14.6. The second-order valence-corrected chi connectivity index (χ2v) is 3.43. The fraction of sp³-hybridized carbons (Fsp3) is 0.154. The van der Waals surface area contributed by atoms with Gasteiger partial charge in [0.1, 0.15) is 0 Å². The molecule has 2 N–H and O–H groups in total. The molecule has 2 rings (SSSR count). The zero-order valence-electron chi connectivity index (χ0n) is 8.57. The van der Waals surface area contributed by atoms with E-state index >= 15 is 0 Å². The summed E-state index contributed by atoms with van der Waals surface area (Å²) in [7, 11) is 0. The fourth-order valence-corrected chi connectivity index (χ4v) is 1.40. The Kier molecular flexibility index (Phi) is 2.66. The smallest absolute Gasteiger partial charge is 0.0714 e. The maximum Gasteiger partial charge on any atom is 0.0714 e. The molecule has 2 heteroatoms. The first-order valence-electron chi connectivity index (χ1n) is 4.88. The minimum absolute atomic E-state index is 0.100. The quantitative estimate of drug-likeness (QED) is 0.654. The number of hydrogen-bond acceptors (Lipinski definition) is 2. The van der Waals surface area contributed by atoms with E-state index in [1.165, 1.54) is 0 Å². The van der Waals surface area contributed by atoms with Crippen LogP contribution in [0.2, 0.25) is 0 Å². The van der Waals surface area contributed by atoms with Gasteiger partial charge in [-0.05, 0) is 25.1 Å². The van der Waals surface area contributed by atoms with Crippen LogP contribution in [0.5, 0.6) is 0 Å². The van der Waals surface area contributed by atoms with Gasteiger partial charge in [0.25, 0.3) is 0 Å². The minimum atomic E-state index is -0.100. The summed E-state index contributed by atoms with van der Waals surface area (Å²) in [6, 6.07) is 9.76. The van der Waals surface area contributed by atoms with Gasteiger partial charge in [-0.15, -0.1) is 0 Å². The molecule has 1 aromatic heterocycles. The Labute approximate surface area is 89.1 Å². The van der Waals surface area contributed by atoms with Crippen LogP contribution in [-0.2, 0) is 0 Å². The Morgan fingerprint density at radius 3 is 2.93 bits per heavy atom. The number of aromatic nitrogens is 1. The molecule has 0 spiro atoms. The summed E-state index contributed by atoms with van der Waals surface area (Å²) in [4.78, 5) is 4.27. The van der Waals surface area contributed by atoms with Crippen LogP contribution in [0.3, 0.4) is 0 Å². The molecular weight excluding hydrogens is 184 g/mol. The van der Waals surface area contributed by atoms with Crippen molar-refractivity contribution in [3.05, 3.63) is 42.1 Å². The Balaban J connectivity index is 2.58. The summed E-state index contributed by atoms with van der Waals surface area (Å²) in [5, 5.41) is 1.08. The van der Waals surface area contributed by atoms with Crippen molar-refractivity contribution in [1.29, 1.82) is 0 Å². The number of rotatable bonds is 0. The van der Waals surface area contributed by atoms with E-state index in [-0.39, 0.29) is 6.04 Å². The molecule has 2 aromatic rings. The number of pyridine rings is 1.